The first kappa shape index (κ1) is 17.9. The average molecular weight is 401 g/mol. The number of ether oxygens (including phenoxy) is 1. The van der Waals surface area contributed by atoms with Gasteiger partial charge >= 0.3 is 0 Å². The number of amides is 2. The predicted octanol–water partition coefficient (Wildman–Crippen LogP) is 2.36. The SMILES string of the molecule is O=C(NNC(=O)c1csc(N2CCOCC2)n1)c1cc(Cl)cc(Cl)c1. The molecule has 1 aliphatic heterocycles. The number of hydrogen-bond acceptors (Lipinski definition) is 6. The Morgan fingerprint density at radius 1 is 1.08 bits per heavy atom. The van der Waals surface area contributed by atoms with Gasteiger partial charge in [0.05, 0.1) is 13.2 Å². The summed E-state index contributed by atoms with van der Waals surface area (Å²) in [6.45, 7) is 2.75. The molecule has 0 spiro atoms. The lowest BCUT2D eigenvalue weighted by Gasteiger charge is -2.25. The van der Waals surface area contributed by atoms with E-state index in [1.54, 1.807) is 5.38 Å². The molecule has 1 fully saturated rings. The van der Waals surface area contributed by atoms with Crippen LogP contribution in [0.4, 0.5) is 5.13 Å². The molecule has 7 nitrogen and oxygen atoms in total. The molecule has 25 heavy (non-hydrogen) atoms. The second-order valence-corrected chi connectivity index (χ2v) is 6.89. The van der Waals surface area contributed by atoms with Crippen molar-refractivity contribution in [1.29, 1.82) is 0 Å². The molecule has 1 saturated heterocycles. The summed E-state index contributed by atoms with van der Waals surface area (Å²) in [5, 5.41) is 3.06. The molecular weight excluding hydrogens is 387 g/mol. The van der Waals surface area contributed by atoms with E-state index in [9.17, 15) is 9.59 Å². The van der Waals surface area contributed by atoms with Gasteiger partial charge in [-0.15, -0.1) is 11.3 Å². The number of carbonyl (C=O) groups excluding carboxylic acids is 2. The number of carbonyl (C=O) groups is 2. The van der Waals surface area contributed by atoms with Crippen molar-refractivity contribution in [2.75, 3.05) is 31.2 Å². The molecule has 2 heterocycles. The number of hydrazine groups is 1. The number of aromatic nitrogens is 1. The van der Waals surface area contributed by atoms with E-state index >= 15 is 0 Å². The van der Waals surface area contributed by atoms with Crippen LogP contribution in [0.15, 0.2) is 23.6 Å². The Hall–Kier alpha value is -1.87. The van der Waals surface area contributed by atoms with E-state index in [2.05, 4.69) is 20.7 Å². The van der Waals surface area contributed by atoms with E-state index in [4.69, 9.17) is 27.9 Å². The Morgan fingerprint density at radius 2 is 1.72 bits per heavy atom. The van der Waals surface area contributed by atoms with Crippen LogP contribution in [0.3, 0.4) is 0 Å². The zero-order valence-electron chi connectivity index (χ0n) is 12.9. The maximum absolute atomic E-state index is 12.1. The van der Waals surface area contributed by atoms with Crippen molar-refractivity contribution in [3.05, 3.63) is 44.9 Å². The molecule has 0 bridgehead atoms. The number of thiazole rings is 1. The third kappa shape index (κ3) is 4.60. The van der Waals surface area contributed by atoms with Crippen molar-refractivity contribution in [3.8, 4) is 0 Å². The number of morpholine rings is 1. The van der Waals surface area contributed by atoms with Gasteiger partial charge in [0.15, 0.2) is 5.13 Å². The Kier molecular flexibility index (Phi) is 5.74. The minimum Gasteiger partial charge on any atom is -0.378 e. The highest BCUT2D eigenvalue weighted by Crippen LogP contribution is 2.21. The Bertz CT molecular complexity index is 773. The van der Waals surface area contributed by atoms with Crippen molar-refractivity contribution in [1.82, 2.24) is 15.8 Å². The topological polar surface area (TPSA) is 83.6 Å². The van der Waals surface area contributed by atoms with E-state index in [1.807, 2.05) is 0 Å². The largest absolute Gasteiger partial charge is 0.378 e. The third-order valence-electron chi connectivity index (χ3n) is 3.42. The molecule has 2 N–H and O–H groups in total. The molecule has 0 radical (unpaired) electrons. The number of halogens is 2. The molecule has 2 aromatic rings. The van der Waals surface area contributed by atoms with Crippen molar-refractivity contribution in [2.45, 2.75) is 0 Å². The summed E-state index contributed by atoms with van der Waals surface area (Å²) in [4.78, 5) is 30.5. The van der Waals surface area contributed by atoms with Crippen molar-refractivity contribution in [3.63, 3.8) is 0 Å². The lowest BCUT2D eigenvalue weighted by molar-refractivity contribution is 0.0844. The molecule has 1 aliphatic rings. The van der Waals surface area contributed by atoms with Crippen molar-refractivity contribution < 1.29 is 14.3 Å². The van der Waals surface area contributed by atoms with Crippen LogP contribution in [0.25, 0.3) is 0 Å². The van der Waals surface area contributed by atoms with Gasteiger partial charge in [-0.3, -0.25) is 20.4 Å². The molecule has 0 saturated carbocycles. The summed E-state index contributed by atoms with van der Waals surface area (Å²) in [6, 6.07) is 4.42. The predicted molar refractivity (Wildman–Crippen MR) is 96.5 cm³/mol. The fourth-order valence-corrected chi connectivity index (χ4v) is 3.59. The number of hydrogen-bond donors (Lipinski definition) is 2. The Balaban J connectivity index is 1.59. The molecule has 132 valence electrons. The third-order valence-corrected chi connectivity index (χ3v) is 4.76. The first-order valence-electron chi connectivity index (χ1n) is 7.38. The highest BCUT2D eigenvalue weighted by atomic mass is 35.5. The molecule has 0 aliphatic carbocycles. The molecule has 1 aromatic carbocycles. The summed E-state index contributed by atoms with van der Waals surface area (Å²) >= 11 is 13.1. The van der Waals surface area contributed by atoms with Gasteiger partial charge in [-0.25, -0.2) is 4.98 Å². The summed E-state index contributed by atoms with van der Waals surface area (Å²) < 4.78 is 5.29. The smallest absolute Gasteiger partial charge is 0.289 e. The second kappa shape index (κ2) is 8.01. The Morgan fingerprint density at radius 3 is 2.40 bits per heavy atom. The highest BCUT2D eigenvalue weighted by molar-refractivity contribution is 7.13. The number of nitrogens with zero attached hydrogens (tertiary/aromatic N) is 2. The maximum atomic E-state index is 12.1. The lowest BCUT2D eigenvalue weighted by atomic mass is 10.2. The van der Waals surface area contributed by atoms with Crippen LogP contribution < -0.4 is 15.8 Å². The van der Waals surface area contributed by atoms with E-state index < -0.39 is 11.8 Å². The number of benzene rings is 1. The van der Waals surface area contributed by atoms with Crippen molar-refractivity contribution >= 4 is 51.5 Å². The first-order chi connectivity index (χ1) is 12.0. The first-order valence-corrected chi connectivity index (χ1v) is 9.01. The normalized spacial score (nSPS) is 14.2. The molecule has 0 atom stereocenters. The lowest BCUT2D eigenvalue weighted by Crippen LogP contribution is -2.42. The minimum atomic E-state index is -0.526. The summed E-state index contributed by atoms with van der Waals surface area (Å²) in [5.74, 6) is -1.03. The van der Waals surface area contributed by atoms with Gasteiger partial charge in [0, 0.05) is 34.1 Å². The van der Waals surface area contributed by atoms with Crippen LogP contribution in [0, 0.1) is 0 Å². The number of nitrogens with one attached hydrogen (secondary N) is 2. The van der Waals surface area contributed by atoms with Gasteiger partial charge in [0.1, 0.15) is 5.69 Å². The second-order valence-electron chi connectivity index (χ2n) is 5.18. The van der Waals surface area contributed by atoms with Crippen molar-refractivity contribution in [2.24, 2.45) is 0 Å². The van der Waals surface area contributed by atoms with Crippen LogP contribution in [-0.2, 0) is 4.74 Å². The fourth-order valence-electron chi connectivity index (χ4n) is 2.20. The number of rotatable bonds is 3. The van der Waals surface area contributed by atoms with Crippen LogP contribution in [0.1, 0.15) is 20.8 Å². The highest BCUT2D eigenvalue weighted by Gasteiger charge is 2.18. The summed E-state index contributed by atoms with van der Waals surface area (Å²) in [6.07, 6.45) is 0. The summed E-state index contributed by atoms with van der Waals surface area (Å²) in [5.41, 5.74) is 5.12. The average Bonchev–Trinajstić information content (AvgIpc) is 3.09. The van der Waals surface area contributed by atoms with E-state index in [1.165, 1.54) is 29.5 Å². The molecular formula is C15H14Cl2N4O3S. The standard InChI is InChI=1S/C15H14Cl2N4O3S/c16-10-5-9(6-11(17)7-10)13(22)19-20-14(23)12-8-25-15(18-12)21-1-3-24-4-2-21/h5-8H,1-4H2,(H,19,22)(H,20,23). The van der Waals surface area contributed by atoms with E-state index in [0.29, 0.717) is 23.3 Å². The van der Waals surface area contributed by atoms with E-state index in [-0.39, 0.29) is 11.3 Å². The van der Waals surface area contributed by atoms with Gasteiger partial charge in [-0.05, 0) is 18.2 Å². The maximum Gasteiger partial charge on any atom is 0.289 e. The van der Waals surface area contributed by atoms with Gasteiger partial charge in [0.25, 0.3) is 11.8 Å². The van der Waals surface area contributed by atoms with Gasteiger partial charge in [0.2, 0.25) is 0 Å². The molecule has 10 heteroatoms. The summed E-state index contributed by atoms with van der Waals surface area (Å²) in [7, 11) is 0. The van der Waals surface area contributed by atoms with Crippen LogP contribution in [0.2, 0.25) is 10.0 Å². The quantitative estimate of drug-likeness (QED) is 0.772. The molecule has 3 rings (SSSR count). The van der Waals surface area contributed by atoms with Gasteiger partial charge in [-0.1, -0.05) is 23.2 Å². The van der Waals surface area contributed by atoms with Gasteiger partial charge in [-0.2, -0.15) is 0 Å². The van der Waals surface area contributed by atoms with Crippen LogP contribution in [-0.4, -0.2) is 43.1 Å². The fraction of sp³-hybridized carbons (Fsp3) is 0.267. The molecule has 2 amide bonds. The zero-order valence-corrected chi connectivity index (χ0v) is 15.2. The minimum absolute atomic E-state index is 0.232. The van der Waals surface area contributed by atoms with Crippen LogP contribution in [0.5, 0.6) is 0 Å². The monoisotopic (exact) mass is 400 g/mol. The van der Waals surface area contributed by atoms with E-state index in [0.717, 1.165) is 18.2 Å². The molecule has 0 unspecified atom stereocenters. The van der Waals surface area contributed by atoms with Crippen LogP contribution >= 0.6 is 34.5 Å². The Labute approximate surface area is 157 Å². The number of anilines is 1. The zero-order chi connectivity index (χ0) is 17.8. The van der Waals surface area contributed by atoms with Gasteiger partial charge < -0.3 is 9.64 Å². The molecule has 1 aromatic heterocycles.